The van der Waals surface area contributed by atoms with Gasteiger partial charge in [0.2, 0.25) is 5.91 Å². The third-order valence-electron chi connectivity index (χ3n) is 5.77. The maximum Gasteiger partial charge on any atom is 0.228 e. The number of Topliss-reactive ketones (excluding diaryl/α,β-unsaturated/α-hetero) is 1. The molecule has 110 valence electrons. The molecule has 1 N–H and O–H groups in total. The van der Waals surface area contributed by atoms with E-state index in [1.165, 1.54) is 11.8 Å². The fourth-order valence-corrected chi connectivity index (χ4v) is 5.66. The molecule has 2 saturated carbocycles. The molecular formula is C15H22N2O2S. The van der Waals surface area contributed by atoms with Gasteiger partial charge in [-0.3, -0.25) is 14.6 Å². The Morgan fingerprint density at radius 1 is 1.30 bits per heavy atom. The minimum atomic E-state index is -0.0689. The predicted molar refractivity (Wildman–Crippen MR) is 80.7 cm³/mol. The van der Waals surface area contributed by atoms with Crippen molar-refractivity contribution in [3.8, 4) is 0 Å². The van der Waals surface area contributed by atoms with Gasteiger partial charge in [-0.1, -0.05) is 32.5 Å². The normalized spacial score (nSPS) is 42.6. The number of fused-ring (bicyclic) bond motifs is 2. The van der Waals surface area contributed by atoms with Crippen LogP contribution in [0.15, 0.2) is 4.99 Å². The van der Waals surface area contributed by atoms with E-state index in [4.69, 9.17) is 0 Å². The van der Waals surface area contributed by atoms with E-state index >= 15 is 0 Å². The second-order valence-electron chi connectivity index (χ2n) is 7.17. The summed E-state index contributed by atoms with van der Waals surface area (Å²) in [5.41, 5.74) is 0.0555. The summed E-state index contributed by atoms with van der Waals surface area (Å²) in [6.45, 7) is 8.60. The molecule has 5 heteroatoms. The Kier molecular flexibility index (Phi) is 3.05. The van der Waals surface area contributed by atoms with Gasteiger partial charge in [-0.05, 0) is 30.6 Å². The van der Waals surface area contributed by atoms with Gasteiger partial charge in [-0.25, -0.2) is 0 Å². The zero-order chi connectivity index (χ0) is 14.7. The topological polar surface area (TPSA) is 58.5 Å². The van der Waals surface area contributed by atoms with Crippen LogP contribution in [0.2, 0.25) is 0 Å². The highest BCUT2D eigenvalue weighted by Gasteiger charge is 2.66. The number of carbonyl (C=O) groups excluding carboxylic acids is 2. The summed E-state index contributed by atoms with van der Waals surface area (Å²) < 4.78 is 0. The molecule has 4 unspecified atom stereocenters. The van der Waals surface area contributed by atoms with Crippen LogP contribution >= 0.6 is 11.8 Å². The van der Waals surface area contributed by atoms with Gasteiger partial charge in [0.15, 0.2) is 5.17 Å². The van der Waals surface area contributed by atoms with Crippen LogP contribution in [0.5, 0.6) is 0 Å². The van der Waals surface area contributed by atoms with Crippen LogP contribution in [0.25, 0.3) is 0 Å². The Morgan fingerprint density at radius 2 is 2.00 bits per heavy atom. The van der Waals surface area contributed by atoms with Crippen molar-refractivity contribution in [1.29, 1.82) is 0 Å². The minimum absolute atomic E-state index is 0.00729. The molecule has 4 atom stereocenters. The molecule has 2 fully saturated rings. The first-order valence-corrected chi connectivity index (χ1v) is 8.22. The highest BCUT2D eigenvalue weighted by molar-refractivity contribution is 8.15. The molecule has 0 aromatic carbocycles. The maximum absolute atomic E-state index is 12.6. The van der Waals surface area contributed by atoms with Gasteiger partial charge >= 0.3 is 0 Å². The largest absolute Gasteiger partial charge is 0.305 e. The Morgan fingerprint density at radius 3 is 2.55 bits per heavy atom. The van der Waals surface area contributed by atoms with Crippen molar-refractivity contribution in [3.05, 3.63) is 0 Å². The zero-order valence-corrected chi connectivity index (χ0v) is 13.3. The van der Waals surface area contributed by atoms with E-state index in [2.05, 4.69) is 31.1 Å². The van der Waals surface area contributed by atoms with Crippen LogP contribution in [0.4, 0.5) is 0 Å². The number of amidine groups is 1. The number of aliphatic imine (C=N–C) groups is 1. The van der Waals surface area contributed by atoms with Crippen molar-refractivity contribution in [1.82, 2.24) is 5.32 Å². The van der Waals surface area contributed by atoms with Gasteiger partial charge in [0.1, 0.15) is 5.78 Å². The first-order chi connectivity index (χ1) is 9.25. The summed E-state index contributed by atoms with van der Waals surface area (Å²) in [7, 11) is 0. The number of amides is 1. The first-order valence-electron chi connectivity index (χ1n) is 7.34. The fraction of sp³-hybridized carbons (Fsp3) is 0.800. The second kappa shape index (κ2) is 4.33. The van der Waals surface area contributed by atoms with Crippen LogP contribution in [0.1, 0.15) is 47.0 Å². The highest BCUT2D eigenvalue weighted by Crippen LogP contribution is 2.66. The standard InChI is InChI=1S/C15H22N2O2S/c1-8-7-10(18)17-13(16-8)20-12-11(19)9-5-6-15(12,4)14(9,2)3/h8-9,12H,5-7H2,1-4H3,(H,16,17,18). The molecule has 0 saturated heterocycles. The molecule has 0 radical (unpaired) electrons. The van der Waals surface area contributed by atoms with E-state index < -0.39 is 0 Å². The van der Waals surface area contributed by atoms with Crippen molar-refractivity contribution in [2.45, 2.75) is 58.2 Å². The molecule has 3 aliphatic rings. The Labute approximate surface area is 124 Å². The molecule has 3 rings (SSSR count). The Bertz CT molecular complexity index is 514. The molecule has 4 nitrogen and oxygen atoms in total. The van der Waals surface area contributed by atoms with Crippen LogP contribution in [-0.4, -0.2) is 28.1 Å². The van der Waals surface area contributed by atoms with Gasteiger partial charge < -0.3 is 5.32 Å². The van der Waals surface area contributed by atoms with E-state index in [0.717, 1.165) is 12.8 Å². The minimum Gasteiger partial charge on any atom is -0.305 e. The average Bonchev–Trinajstić information content (AvgIpc) is 2.62. The van der Waals surface area contributed by atoms with Crippen LogP contribution in [0.3, 0.4) is 0 Å². The fourth-order valence-electron chi connectivity index (χ4n) is 4.07. The predicted octanol–water partition coefficient (Wildman–Crippen LogP) is 2.38. The number of hydrogen-bond acceptors (Lipinski definition) is 4. The lowest BCUT2D eigenvalue weighted by atomic mass is 9.71. The molecule has 2 aliphatic carbocycles. The quantitative estimate of drug-likeness (QED) is 0.808. The van der Waals surface area contributed by atoms with Crippen molar-refractivity contribution in [3.63, 3.8) is 0 Å². The lowest BCUT2D eigenvalue weighted by Gasteiger charge is -2.38. The van der Waals surface area contributed by atoms with Gasteiger partial charge in [-0.15, -0.1) is 0 Å². The van der Waals surface area contributed by atoms with E-state index in [9.17, 15) is 9.59 Å². The van der Waals surface area contributed by atoms with E-state index in [1.54, 1.807) is 0 Å². The van der Waals surface area contributed by atoms with Crippen molar-refractivity contribution >= 4 is 28.6 Å². The number of carbonyl (C=O) groups is 2. The number of ketones is 1. The third kappa shape index (κ3) is 1.78. The number of thioether (sulfide) groups is 1. The summed E-state index contributed by atoms with van der Waals surface area (Å²) in [5.74, 6) is 0.529. The first kappa shape index (κ1) is 14.1. The zero-order valence-electron chi connectivity index (χ0n) is 12.5. The van der Waals surface area contributed by atoms with Crippen LogP contribution in [-0.2, 0) is 9.59 Å². The van der Waals surface area contributed by atoms with Gasteiger partial charge in [0.05, 0.1) is 11.3 Å². The maximum atomic E-state index is 12.6. The van der Waals surface area contributed by atoms with Gasteiger partial charge in [0, 0.05) is 12.3 Å². The summed E-state index contributed by atoms with van der Waals surface area (Å²) in [6.07, 6.45) is 2.54. The van der Waals surface area contributed by atoms with Crippen molar-refractivity contribution in [2.24, 2.45) is 21.7 Å². The summed E-state index contributed by atoms with van der Waals surface area (Å²) in [4.78, 5) is 28.7. The second-order valence-corrected chi connectivity index (χ2v) is 8.26. The Hall–Kier alpha value is -0.840. The van der Waals surface area contributed by atoms with Crippen molar-refractivity contribution in [2.75, 3.05) is 0 Å². The lowest BCUT2D eigenvalue weighted by Crippen LogP contribution is -2.41. The SMILES string of the molecule is CC1CC(=O)NC(SC2C(=O)C3CCC2(C)C3(C)C)=N1. The summed E-state index contributed by atoms with van der Waals surface area (Å²) in [5, 5.41) is 3.39. The van der Waals surface area contributed by atoms with Crippen molar-refractivity contribution < 1.29 is 9.59 Å². The molecule has 1 amide bonds. The molecule has 1 heterocycles. The van der Waals surface area contributed by atoms with E-state index in [-0.39, 0.29) is 33.9 Å². The van der Waals surface area contributed by atoms with E-state index in [0.29, 0.717) is 17.4 Å². The number of nitrogens with one attached hydrogen (secondary N) is 1. The molecule has 0 spiro atoms. The molecule has 20 heavy (non-hydrogen) atoms. The lowest BCUT2D eigenvalue weighted by molar-refractivity contribution is -0.122. The molecule has 1 aliphatic heterocycles. The summed E-state index contributed by atoms with van der Waals surface area (Å²) >= 11 is 1.48. The number of nitrogens with zero attached hydrogens (tertiary/aromatic N) is 1. The number of hydrogen-bond donors (Lipinski definition) is 1. The summed E-state index contributed by atoms with van der Waals surface area (Å²) in [6, 6.07) is 0.0146. The van der Waals surface area contributed by atoms with Gasteiger partial charge in [-0.2, -0.15) is 0 Å². The smallest absolute Gasteiger partial charge is 0.228 e. The third-order valence-corrected chi connectivity index (χ3v) is 7.19. The highest BCUT2D eigenvalue weighted by atomic mass is 32.2. The van der Waals surface area contributed by atoms with Crippen LogP contribution < -0.4 is 5.32 Å². The van der Waals surface area contributed by atoms with E-state index in [1.807, 2.05) is 6.92 Å². The molecule has 0 aromatic rings. The molecule has 0 aromatic heterocycles. The van der Waals surface area contributed by atoms with Crippen LogP contribution in [0, 0.1) is 16.7 Å². The molecular weight excluding hydrogens is 272 g/mol. The average molecular weight is 294 g/mol. The molecule has 2 bridgehead atoms. The number of rotatable bonds is 1. The Balaban J connectivity index is 1.86. The van der Waals surface area contributed by atoms with Gasteiger partial charge in [0.25, 0.3) is 0 Å². The monoisotopic (exact) mass is 294 g/mol.